The van der Waals surface area contributed by atoms with E-state index in [9.17, 15) is 4.79 Å². The van der Waals surface area contributed by atoms with Crippen LogP contribution in [0.3, 0.4) is 0 Å². The van der Waals surface area contributed by atoms with Crippen molar-refractivity contribution < 1.29 is 15.0 Å². The van der Waals surface area contributed by atoms with E-state index in [0.29, 0.717) is 5.56 Å². The molecule has 0 spiro atoms. The molecule has 0 atom stereocenters. The van der Waals surface area contributed by atoms with Gasteiger partial charge in [-0.2, -0.15) is 0 Å². The Bertz CT molecular complexity index is 309. The molecule has 12 heavy (non-hydrogen) atoms. The summed E-state index contributed by atoms with van der Waals surface area (Å²) in [6, 6.07) is 3.84. The van der Waals surface area contributed by atoms with Gasteiger partial charge in [-0.15, -0.1) is 0 Å². The summed E-state index contributed by atoms with van der Waals surface area (Å²) in [5.41, 5.74) is 5.40. The summed E-state index contributed by atoms with van der Waals surface area (Å²) in [6.45, 7) is -0.107. The number of carbonyl (C=O) groups is 1. The van der Waals surface area contributed by atoms with Crippen LogP contribution in [0.1, 0.15) is 10.4 Å². The monoisotopic (exact) mass is 167 g/mol. The van der Waals surface area contributed by atoms with Crippen LogP contribution in [-0.2, 0) is 0 Å². The first kappa shape index (κ1) is 8.55. The molecule has 0 fully saturated rings. The number of ketones is 1. The fourth-order valence-corrected chi connectivity index (χ4v) is 0.815. The summed E-state index contributed by atoms with van der Waals surface area (Å²) in [6.07, 6.45) is 0. The van der Waals surface area contributed by atoms with E-state index in [1.54, 1.807) is 0 Å². The van der Waals surface area contributed by atoms with E-state index in [4.69, 9.17) is 15.9 Å². The first-order valence-electron chi connectivity index (χ1n) is 3.40. The number of phenols is 2. The zero-order valence-electron chi connectivity index (χ0n) is 6.32. The van der Waals surface area contributed by atoms with Crippen LogP contribution in [0.2, 0.25) is 0 Å². The topological polar surface area (TPSA) is 83.6 Å². The summed E-state index contributed by atoms with van der Waals surface area (Å²) < 4.78 is 0. The smallest absolute Gasteiger partial charge is 0.176 e. The summed E-state index contributed by atoms with van der Waals surface area (Å²) >= 11 is 0. The lowest BCUT2D eigenvalue weighted by atomic mass is 10.1. The Morgan fingerprint density at radius 2 is 2.00 bits per heavy atom. The van der Waals surface area contributed by atoms with Gasteiger partial charge in [0.2, 0.25) is 0 Å². The van der Waals surface area contributed by atoms with Gasteiger partial charge in [0, 0.05) is 5.56 Å². The van der Waals surface area contributed by atoms with Gasteiger partial charge in [-0.25, -0.2) is 0 Å². The van der Waals surface area contributed by atoms with E-state index >= 15 is 0 Å². The molecule has 0 aliphatic heterocycles. The average Bonchev–Trinajstić information content (AvgIpc) is 2.08. The molecule has 0 saturated carbocycles. The number of rotatable bonds is 2. The lowest BCUT2D eigenvalue weighted by molar-refractivity contribution is 0.100. The van der Waals surface area contributed by atoms with Crippen molar-refractivity contribution in [2.45, 2.75) is 0 Å². The van der Waals surface area contributed by atoms with Gasteiger partial charge in [0.05, 0.1) is 6.54 Å². The van der Waals surface area contributed by atoms with Crippen LogP contribution < -0.4 is 5.73 Å². The molecule has 0 saturated heterocycles. The lowest BCUT2D eigenvalue weighted by Gasteiger charge is -2.00. The highest BCUT2D eigenvalue weighted by atomic mass is 16.3. The van der Waals surface area contributed by atoms with Crippen molar-refractivity contribution in [2.75, 3.05) is 6.54 Å². The third kappa shape index (κ3) is 1.54. The molecule has 0 aliphatic carbocycles. The second-order valence-electron chi connectivity index (χ2n) is 2.33. The maximum Gasteiger partial charge on any atom is 0.176 e. The van der Waals surface area contributed by atoms with Crippen LogP contribution in [-0.4, -0.2) is 22.5 Å². The predicted octanol–water partition coefficient (Wildman–Crippen LogP) is 0.239. The van der Waals surface area contributed by atoms with Crippen molar-refractivity contribution in [2.24, 2.45) is 5.73 Å². The molecule has 0 aliphatic rings. The van der Waals surface area contributed by atoms with E-state index in [-0.39, 0.29) is 23.8 Å². The van der Waals surface area contributed by atoms with E-state index < -0.39 is 0 Å². The van der Waals surface area contributed by atoms with Gasteiger partial charge in [-0.1, -0.05) is 0 Å². The van der Waals surface area contributed by atoms with Crippen molar-refractivity contribution >= 4 is 5.78 Å². The standard InChI is InChI=1S/C8H9NO3/c9-4-8(12)5-1-2-6(10)7(11)3-5/h1-3,10-11H,4,9H2. The summed E-state index contributed by atoms with van der Waals surface area (Å²) in [7, 11) is 0. The third-order valence-electron chi connectivity index (χ3n) is 1.48. The number of nitrogens with two attached hydrogens (primary N) is 1. The quantitative estimate of drug-likeness (QED) is 0.435. The molecule has 4 heteroatoms. The third-order valence-corrected chi connectivity index (χ3v) is 1.48. The molecule has 4 nitrogen and oxygen atoms in total. The number of aromatic hydroxyl groups is 2. The van der Waals surface area contributed by atoms with Gasteiger partial charge in [0.15, 0.2) is 17.3 Å². The molecule has 0 aromatic heterocycles. The normalized spacial score (nSPS) is 9.75. The Kier molecular flexibility index (Phi) is 2.30. The number of hydrogen-bond donors (Lipinski definition) is 3. The number of phenolic OH excluding ortho intramolecular Hbond substituents is 2. The second kappa shape index (κ2) is 3.23. The fraction of sp³-hybridized carbons (Fsp3) is 0.125. The Labute approximate surface area is 69.3 Å². The Morgan fingerprint density at radius 3 is 2.50 bits per heavy atom. The van der Waals surface area contributed by atoms with E-state index in [2.05, 4.69) is 0 Å². The fourth-order valence-electron chi connectivity index (χ4n) is 0.815. The number of benzene rings is 1. The summed E-state index contributed by atoms with van der Waals surface area (Å²) in [5, 5.41) is 17.9. The van der Waals surface area contributed by atoms with Crippen molar-refractivity contribution in [3.05, 3.63) is 23.8 Å². The van der Waals surface area contributed by atoms with Crippen LogP contribution >= 0.6 is 0 Å². The van der Waals surface area contributed by atoms with E-state index in [1.165, 1.54) is 18.2 Å². The molecular weight excluding hydrogens is 158 g/mol. The van der Waals surface area contributed by atoms with E-state index in [1.807, 2.05) is 0 Å². The lowest BCUT2D eigenvalue weighted by Crippen LogP contribution is -2.13. The minimum atomic E-state index is -0.311. The highest BCUT2D eigenvalue weighted by molar-refractivity contribution is 5.98. The molecule has 4 N–H and O–H groups in total. The van der Waals surface area contributed by atoms with Crippen LogP contribution in [0.25, 0.3) is 0 Å². The number of carbonyl (C=O) groups excluding carboxylic acids is 1. The summed E-state index contributed by atoms with van der Waals surface area (Å²) in [4.78, 5) is 11.0. The maximum absolute atomic E-state index is 11.0. The van der Waals surface area contributed by atoms with Crippen molar-refractivity contribution in [3.8, 4) is 11.5 Å². The predicted molar refractivity (Wildman–Crippen MR) is 43.2 cm³/mol. The van der Waals surface area contributed by atoms with Gasteiger partial charge in [-0.05, 0) is 18.2 Å². The molecule has 1 aromatic rings. The van der Waals surface area contributed by atoms with Crippen molar-refractivity contribution in [1.29, 1.82) is 0 Å². The minimum Gasteiger partial charge on any atom is -0.504 e. The molecule has 1 aromatic carbocycles. The zero-order valence-corrected chi connectivity index (χ0v) is 6.32. The Hall–Kier alpha value is -1.55. The molecular formula is C8H9NO3. The molecule has 1 rings (SSSR count). The second-order valence-corrected chi connectivity index (χ2v) is 2.33. The molecule has 0 amide bonds. The molecule has 0 heterocycles. The number of Topliss-reactive ketones (excluding diaryl/α,β-unsaturated/α-hetero) is 1. The molecule has 64 valence electrons. The van der Waals surface area contributed by atoms with Gasteiger partial charge in [0.1, 0.15) is 0 Å². The minimum absolute atomic E-state index is 0.107. The van der Waals surface area contributed by atoms with Crippen LogP contribution in [0.4, 0.5) is 0 Å². The highest BCUT2D eigenvalue weighted by Crippen LogP contribution is 2.24. The first-order valence-corrected chi connectivity index (χ1v) is 3.40. The first-order chi connectivity index (χ1) is 5.65. The van der Waals surface area contributed by atoms with Crippen molar-refractivity contribution in [1.82, 2.24) is 0 Å². The Balaban J connectivity index is 3.05. The summed E-state index contributed by atoms with van der Waals surface area (Å²) in [5.74, 6) is -0.830. The van der Waals surface area contributed by atoms with Crippen LogP contribution in [0.15, 0.2) is 18.2 Å². The zero-order chi connectivity index (χ0) is 9.14. The van der Waals surface area contributed by atoms with E-state index in [0.717, 1.165) is 0 Å². The van der Waals surface area contributed by atoms with Gasteiger partial charge >= 0.3 is 0 Å². The van der Waals surface area contributed by atoms with Crippen LogP contribution in [0.5, 0.6) is 11.5 Å². The van der Waals surface area contributed by atoms with Crippen LogP contribution in [0, 0.1) is 0 Å². The largest absolute Gasteiger partial charge is 0.504 e. The van der Waals surface area contributed by atoms with Gasteiger partial charge in [0.25, 0.3) is 0 Å². The molecule has 0 unspecified atom stereocenters. The molecule has 0 bridgehead atoms. The van der Waals surface area contributed by atoms with Gasteiger partial charge in [-0.3, -0.25) is 4.79 Å². The Morgan fingerprint density at radius 1 is 1.33 bits per heavy atom. The SMILES string of the molecule is NCC(=O)c1ccc(O)c(O)c1. The maximum atomic E-state index is 11.0. The van der Waals surface area contributed by atoms with Crippen molar-refractivity contribution in [3.63, 3.8) is 0 Å². The number of hydrogen-bond acceptors (Lipinski definition) is 4. The molecule has 0 radical (unpaired) electrons. The highest BCUT2D eigenvalue weighted by Gasteiger charge is 2.05. The van der Waals surface area contributed by atoms with Gasteiger partial charge < -0.3 is 15.9 Å². The average molecular weight is 167 g/mol.